The van der Waals surface area contributed by atoms with E-state index < -0.39 is 6.10 Å². The molecule has 2 aromatic heterocycles. The summed E-state index contributed by atoms with van der Waals surface area (Å²) >= 11 is 0. The van der Waals surface area contributed by atoms with Crippen LogP contribution in [-0.4, -0.2) is 40.4 Å². The topological polar surface area (TPSA) is 66.5 Å². The summed E-state index contributed by atoms with van der Waals surface area (Å²) in [6, 6.07) is 4.23. The molecule has 0 radical (unpaired) electrons. The minimum Gasteiger partial charge on any atom is -0.360 e. The molecule has 0 spiro atoms. The lowest BCUT2D eigenvalue weighted by atomic mass is 10.1. The van der Waals surface area contributed by atoms with Gasteiger partial charge < -0.3 is 9.64 Å². The summed E-state index contributed by atoms with van der Waals surface area (Å²) in [6.07, 6.45) is 3.21. The predicted molar refractivity (Wildman–Crippen MR) is 74.6 cm³/mol. The highest BCUT2D eigenvalue weighted by Crippen LogP contribution is 2.24. The Labute approximate surface area is 117 Å². The molecule has 0 amide bonds. The second-order valence-electron chi connectivity index (χ2n) is 5.24. The highest BCUT2D eigenvalue weighted by molar-refractivity contribution is 5.69. The lowest BCUT2D eigenvalue weighted by Gasteiger charge is -2.30. The Balaban J connectivity index is 2.00. The van der Waals surface area contributed by atoms with Crippen LogP contribution in [0.3, 0.4) is 0 Å². The molecule has 1 saturated heterocycles. The smallest absolute Gasteiger partial charge is 0.161 e. The predicted octanol–water partition coefficient (Wildman–Crippen LogP) is 1.58. The molecule has 0 aliphatic carbocycles. The van der Waals surface area contributed by atoms with Gasteiger partial charge in [0.05, 0.1) is 24.9 Å². The normalized spacial score (nSPS) is 19.5. The molecule has 1 fully saturated rings. The molecule has 1 aliphatic rings. The van der Waals surface area contributed by atoms with Gasteiger partial charge in [-0.15, -0.1) is 0 Å². The number of anilines is 1. The van der Waals surface area contributed by atoms with Crippen LogP contribution in [0, 0.1) is 11.3 Å². The maximum Gasteiger partial charge on any atom is 0.161 e. The first-order valence-corrected chi connectivity index (χ1v) is 6.79. The minimum absolute atomic E-state index is 0.374. The van der Waals surface area contributed by atoms with Gasteiger partial charge in [-0.3, -0.25) is 0 Å². The highest BCUT2D eigenvalue weighted by Gasteiger charge is 2.23. The zero-order valence-corrected chi connectivity index (χ0v) is 11.7. The third kappa shape index (κ3) is 2.21. The maximum atomic E-state index is 9.01. The number of aromatic nitrogens is 3. The van der Waals surface area contributed by atoms with Crippen LogP contribution in [0.25, 0.3) is 5.52 Å². The Morgan fingerprint density at radius 1 is 1.50 bits per heavy atom. The molecule has 3 heterocycles. The number of nitriles is 1. The molecular weight excluding hydrogens is 254 g/mol. The Hall–Kier alpha value is -2.13. The number of fused-ring (bicyclic) bond motifs is 1. The van der Waals surface area contributed by atoms with Crippen molar-refractivity contribution in [3.63, 3.8) is 0 Å². The first-order chi connectivity index (χ1) is 9.69. The van der Waals surface area contributed by atoms with Crippen molar-refractivity contribution in [3.8, 4) is 6.07 Å². The van der Waals surface area contributed by atoms with Crippen molar-refractivity contribution in [2.75, 3.05) is 24.6 Å². The SMILES string of the molecule is CC(C)c1cc2c(N3CCOC(C#N)C3)nccn2n1. The molecule has 1 aliphatic heterocycles. The molecule has 104 valence electrons. The lowest BCUT2D eigenvalue weighted by molar-refractivity contribution is 0.0762. The molecule has 0 saturated carbocycles. The van der Waals surface area contributed by atoms with Gasteiger partial charge >= 0.3 is 0 Å². The second kappa shape index (κ2) is 5.10. The van der Waals surface area contributed by atoms with Gasteiger partial charge in [-0.2, -0.15) is 10.4 Å². The number of hydrogen-bond acceptors (Lipinski definition) is 5. The molecule has 2 aromatic rings. The molecule has 1 unspecified atom stereocenters. The molecule has 0 aromatic carbocycles. The van der Waals surface area contributed by atoms with E-state index in [1.807, 2.05) is 10.7 Å². The van der Waals surface area contributed by atoms with E-state index in [-0.39, 0.29) is 0 Å². The van der Waals surface area contributed by atoms with Gasteiger partial charge in [-0.05, 0) is 12.0 Å². The molecule has 6 heteroatoms. The summed E-state index contributed by atoms with van der Waals surface area (Å²) in [4.78, 5) is 6.57. The van der Waals surface area contributed by atoms with Gasteiger partial charge in [0.2, 0.25) is 0 Å². The molecule has 6 nitrogen and oxygen atoms in total. The Kier molecular flexibility index (Phi) is 3.28. The van der Waals surface area contributed by atoms with Crippen molar-refractivity contribution in [1.29, 1.82) is 5.26 Å². The number of ether oxygens (including phenoxy) is 1. The fraction of sp³-hybridized carbons (Fsp3) is 0.500. The fourth-order valence-corrected chi connectivity index (χ4v) is 2.37. The zero-order valence-electron chi connectivity index (χ0n) is 11.7. The van der Waals surface area contributed by atoms with Crippen molar-refractivity contribution in [1.82, 2.24) is 14.6 Å². The molecule has 1 atom stereocenters. The van der Waals surface area contributed by atoms with E-state index in [0.29, 0.717) is 19.1 Å². The van der Waals surface area contributed by atoms with Gasteiger partial charge in [0.15, 0.2) is 11.9 Å². The number of rotatable bonds is 2. The molecule has 20 heavy (non-hydrogen) atoms. The Morgan fingerprint density at radius 2 is 2.35 bits per heavy atom. The van der Waals surface area contributed by atoms with E-state index in [1.54, 1.807) is 6.20 Å². The monoisotopic (exact) mass is 271 g/mol. The average molecular weight is 271 g/mol. The number of nitrogens with zero attached hydrogens (tertiary/aromatic N) is 5. The van der Waals surface area contributed by atoms with Crippen molar-refractivity contribution >= 4 is 11.3 Å². The molecule has 0 N–H and O–H groups in total. The van der Waals surface area contributed by atoms with Crippen LogP contribution in [0.1, 0.15) is 25.5 Å². The first kappa shape index (κ1) is 12.9. The van der Waals surface area contributed by atoms with Crippen molar-refractivity contribution in [2.45, 2.75) is 25.9 Å². The summed E-state index contributed by atoms with van der Waals surface area (Å²) in [5.74, 6) is 1.25. The summed E-state index contributed by atoms with van der Waals surface area (Å²) in [5.41, 5.74) is 2.03. The van der Waals surface area contributed by atoms with Crippen molar-refractivity contribution in [3.05, 3.63) is 24.2 Å². The number of hydrogen-bond donors (Lipinski definition) is 0. The van der Waals surface area contributed by atoms with Crippen molar-refractivity contribution < 1.29 is 4.74 Å². The number of morpholine rings is 1. The summed E-state index contributed by atoms with van der Waals surface area (Å²) in [7, 11) is 0. The molecule has 0 bridgehead atoms. The van der Waals surface area contributed by atoms with Crippen molar-refractivity contribution in [2.24, 2.45) is 0 Å². The summed E-state index contributed by atoms with van der Waals surface area (Å²) in [6.45, 7) is 6.08. The molecular formula is C14H17N5O. The second-order valence-corrected chi connectivity index (χ2v) is 5.24. The van der Waals surface area contributed by atoms with Gasteiger partial charge in [0.1, 0.15) is 5.52 Å². The standard InChI is InChI=1S/C14H17N5O/c1-10(2)12-7-13-14(16-3-4-19(13)17-12)18-5-6-20-11(8-15)9-18/h3-4,7,10-11H,5-6,9H2,1-2H3. The average Bonchev–Trinajstić information content (AvgIpc) is 2.91. The minimum atomic E-state index is -0.390. The van der Waals surface area contributed by atoms with E-state index in [2.05, 4.69) is 41.0 Å². The lowest BCUT2D eigenvalue weighted by Crippen LogP contribution is -2.42. The van der Waals surface area contributed by atoms with Crippen LogP contribution in [0.4, 0.5) is 5.82 Å². The third-order valence-corrected chi connectivity index (χ3v) is 3.49. The van der Waals surface area contributed by atoms with E-state index in [9.17, 15) is 0 Å². The highest BCUT2D eigenvalue weighted by atomic mass is 16.5. The zero-order chi connectivity index (χ0) is 14.1. The first-order valence-electron chi connectivity index (χ1n) is 6.79. The van der Waals surface area contributed by atoms with Crippen LogP contribution in [0.5, 0.6) is 0 Å². The van der Waals surface area contributed by atoms with E-state index in [0.717, 1.165) is 23.6 Å². The van der Waals surface area contributed by atoms with Gasteiger partial charge in [-0.1, -0.05) is 13.8 Å². The quantitative estimate of drug-likeness (QED) is 0.829. The summed E-state index contributed by atoms with van der Waals surface area (Å²) < 4.78 is 7.24. The van der Waals surface area contributed by atoms with Gasteiger partial charge in [0, 0.05) is 18.9 Å². The Bertz CT molecular complexity index is 657. The summed E-state index contributed by atoms with van der Waals surface area (Å²) in [5, 5.41) is 13.6. The van der Waals surface area contributed by atoms with Crippen LogP contribution in [-0.2, 0) is 4.74 Å². The fourth-order valence-electron chi connectivity index (χ4n) is 2.37. The van der Waals surface area contributed by atoms with E-state index >= 15 is 0 Å². The Morgan fingerprint density at radius 3 is 3.10 bits per heavy atom. The van der Waals surface area contributed by atoms with E-state index in [1.165, 1.54) is 0 Å². The van der Waals surface area contributed by atoms with E-state index in [4.69, 9.17) is 10.00 Å². The third-order valence-electron chi connectivity index (χ3n) is 3.49. The van der Waals surface area contributed by atoms with Crippen LogP contribution in [0.15, 0.2) is 18.5 Å². The largest absolute Gasteiger partial charge is 0.360 e. The molecule has 3 rings (SSSR count). The van der Waals surface area contributed by atoms with Crippen LogP contribution in [0.2, 0.25) is 0 Å². The van der Waals surface area contributed by atoms with Gasteiger partial charge in [0.25, 0.3) is 0 Å². The van der Waals surface area contributed by atoms with Crippen LogP contribution >= 0.6 is 0 Å². The van der Waals surface area contributed by atoms with Crippen LogP contribution < -0.4 is 4.90 Å². The maximum absolute atomic E-state index is 9.01. The van der Waals surface area contributed by atoms with Gasteiger partial charge in [-0.25, -0.2) is 9.50 Å².